The van der Waals surface area contributed by atoms with Crippen LogP contribution in [0.15, 0.2) is 48.5 Å². The minimum absolute atomic E-state index is 0.378. The lowest BCUT2D eigenvalue weighted by Gasteiger charge is -2.12. The zero-order valence-electron chi connectivity index (χ0n) is 11.4. The molecule has 2 rings (SSSR count). The smallest absolute Gasteiger partial charge is 0.416 e. The topological polar surface area (TPSA) is 35.2 Å². The molecule has 0 unspecified atom stereocenters. The van der Waals surface area contributed by atoms with Gasteiger partial charge < -0.3 is 10.5 Å². The van der Waals surface area contributed by atoms with E-state index < -0.39 is 11.7 Å². The summed E-state index contributed by atoms with van der Waals surface area (Å²) in [7, 11) is 0. The fourth-order valence-corrected chi connectivity index (χ4v) is 1.94. The predicted octanol–water partition coefficient (Wildman–Crippen LogP) is 4.39. The maximum atomic E-state index is 12.5. The van der Waals surface area contributed by atoms with Crippen LogP contribution in [0.1, 0.15) is 17.5 Å². The summed E-state index contributed by atoms with van der Waals surface area (Å²) in [5.74, 6) is 1.02. The fraction of sp³-hybridized carbons (Fsp3) is 0.250. The van der Waals surface area contributed by atoms with E-state index in [-0.39, 0.29) is 0 Å². The van der Waals surface area contributed by atoms with E-state index in [0.717, 1.165) is 30.5 Å². The molecule has 0 atom stereocenters. The van der Waals surface area contributed by atoms with Crippen LogP contribution in [0.25, 0.3) is 0 Å². The summed E-state index contributed by atoms with van der Waals surface area (Å²) in [5, 5.41) is 0. The second kappa shape index (κ2) is 6.63. The van der Waals surface area contributed by atoms with Crippen molar-refractivity contribution in [2.45, 2.75) is 19.0 Å². The van der Waals surface area contributed by atoms with Crippen molar-refractivity contribution in [3.05, 3.63) is 59.7 Å². The Labute approximate surface area is 121 Å². The monoisotopic (exact) mass is 295 g/mol. The standard InChI is InChI=1S/C16H16F3NO/c17-16(18,19)13-7-9-14(10-8-13)21-15-6-2-1-4-12(15)5-3-11-20/h1-2,4,6-10H,3,5,11,20H2. The lowest BCUT2D eigenvalue weighted by molar-refractivity contribution is -0.137. The van der Waals surface area contributed by atoms with E-state index in [4.69, 9.17) is 10.5 Å². The van der Waals surface area contributed by atoms with Gasteiger partial charge in [-0.1, -0.05) is 18.2 Å². The molecule has 0 fully saturated rings. The molecule has 0 amide bonds. The van der Waals surface area contributed by atoms with E-state index in [1.54, 1.807) is 6.07 Å². The lowest BCUT2D eigenvalue weighted by atomic mass is 10.1. The van der Waals surface area contributed by atoms with Crippen LogP contribution < -0.4 is 10.5 Å². The van der Waals surface area contributed by atoms with Crippen LogP contribution in [0.2, 0.25) is 0 Å². The quantitative estimate of drug-likeness (QED) is 0.888. The highest BCUT2D eigenvalue weighted by atomic mass is 19.4. The molecule has 0 aliphatic carbocycles. The molecule has 112 valence electrons. The molecular formula is C16H16F3NO. The molecule has 0 aliphatic rings. The van der Waals surface area contributed by atoms with E-state index in [9.17, 15) is 13.2 Å². The van der Waals surface area contributed by atoms with Gasteiger partial charge >= 0.3 is 6.18 Å². The number of benzene rings is 2. The van der Waals surface area contributed by atoms with E-state index >= 15 is 0 Å². The second-order valence-corrected chi connectivity index (χ2v) is 4.62. The molecule has 0 heterocycles. The maximum absolute atomic E-state index is 12.5. The number of nitrogens with two attached hydrogens (primary N) is 1. The number of hydrogen-bond acceptors (Lipinski definition) is 2. The van der Waals surface area contributed by atoms with Crippen LogP contribution in [0.4, 0.5) is 13.2 Å². The van der Waals surface area contributed by atoms with Crippen molar-refractivity contribution in [2.75, 3.05) is 6.54 Å². The zero-order valence-corrected chi connectivity index (χ0v) is 11.4. The van der Waals surface area contributed by atoms with Gasteiger partial charge in [0.05, 0.1) is 5.56 Å². The number of alkyl halides is 3. The normalized spacial score (nSPS) is 11.4. The Balaban J connectivity index is 2.15. The third kappa shape index (κ3) is 4.23. The van der Waals surface area contributed by atoms with Crippen molar-refractivity contribution in [1.82, 2.24) is 0 Å². The predicted molar refractivity (Wildman–Crippen MR) is 75.3 cm³/mol. The molecule has 0 saturated heterocycles. The number of hydrogen-bond donors (Lipinski definition) is 1. The van der Waals surface area contributed by atoms with Gasteiger partial charge in [-0.3, -0.25) is 0 Å². The van der Waals surface area contributed by atoms with Gasteiger partial charge in [-0.2, -0.15) is 13.2 Å². The Bertz CT molecular complexity index is 579. The average Bonchev–Trinajstić information content (AvgIpc) is 2.46. The number of halogens is 3. The first kappa shape index (κ1) is 15.4. The third-order valence-electron chi connectivity index (χ3n) is 3.03. The number of aryl methyl sites for hydroxylation is 1. The highest BCUT2D eigenvalue weighted by molar-refractivity contribution is 5.39. The van der Waals surface area contributed by atoms with Crippen LogP contribution in [0, 0.1) is 0 Å². The maximum Gasteiger partial charge on any atom is 0.416 e. The Kier molecular flexibility index (Phi) is 4.85. The first-order chi connectivity index (χ1) is 10.0. The molecule has 2 N–H and O–H groups in total. The zero-order chi connectivity index (χ0) is 15.3. The average molecular weight is 295 g/mol. The van der Waals surface area contributed by atoms with Gasteiger partial charge in [0.25, 0.3) is 0 Å². The number of rotatable bonds is 5. The van der Waals surface area contributed by atoms with Gasteiger partial charge in [0.2, 0.25) is 0 Å². The molecule has 2 nitrogen and oxygen atoms in total. The highest BCUT2D eigenvalue weighted by Gasteiger charge is 2.30. The number of ether oxygens (including phenoxy) is 1. The van der Waals surface area contributed by atoms with Crippen molar-refractivity contribution >= 4 is 0 Å². The summed E-state index contributed by atoms with van der Waals surface area (Å²) in [6.45, 7) is 0.578. The van der Waals surface area contributed by atoms with E-state index in [1.807, 2.05) is 18.2 Å². The lowest BCUT2D eigenvalue weighted by Crippen LogP contribution is -2.04. The van der Waals surface area contributed by atoms with Crippen molar-refractivity contribution < 1.29 is 17.9 Å². The molecule has 5 heteroatoms. The molecule has 0 bridgehead atoms. The Hall–Kier alpha value is -2.01. The molecule has 0 aromatic heterocycles. The molecule has 2 aromatic carbocycles. The number of para-hydroxylation sites is 1. The Morgan fingerprint density at radius 1 is 0.952 bits per heavy atom. The minimum Gasteiger partial charge on any atom is -0.457 e. The van der Waals surface area contributed by atoms with E-state index in [2.05, 4.69) is 0 Å². The summed E-state index contributed by atoms with van der Waals surface area (Å²) >= 11 is 0. The first-order valence-electron chi connectivity index (χ1n) is 6.64. The van der Waals surface area contributed by atoms with Crippen LogP contribution in [0.5, 0.6) is 11.5 Å². The van der Waals surface area contributed by atoms with Crippen molar-refractivity contribution in [2.24, 2.45) is 5.73 Å². The highest BCUT2D eigenvalue weighted by Crippen LogP contribution is 2.32. The summed E-state index contributed by atoms with van der Waals surface area (Å²) in [6, 6.07) is 12.1. The largest absolute Gasteiger partial charge is 0.457 e. The Morgan fingerprint density at radius 2 is 1.62 bits per heavy atom. The van der Waals surface area contributed by atoms with Gasteiger partial charge in [-0.05, 0) is 55.3 Å². The van der Waals surface area contributed by atoms with Crippen LogP contribution in [-0.4, -0.2) is 6.54 Å². The van der Waals surface area contributed by atoms with Crippen LogP contribution in [0.3, 0.4) is 0 Å². The Morgan fingerprint density at radius 3 is 2.24 bits per heavy atom. The van der Waals surface area contributed by atoms with Gasteiger partial charge in [0, 0.05) is 0 Å². The van der Waals surface area contributed by atoms with E-state index in [0.29, 0.717) is 18.0 Å². The van der Waals surface area contributed by atoms with Crippen molar-refractivity contribution in [1.29, 1.82) is 0 Å². The summed E-state index contributed by atoms with van der Waals surface area (Å²) in [4.78, 5) is 0. The molecule has 0 radical (unpaired) electrons. The SMILES string of the molecule is NCCCc1ccccc1Oc1ccc(C(F)(F)F)cc1. The molecular weight excluding hydrogens is 279 g/mol. The van der Waals surface area contributed by atoms with Gasteiger partial charge in [-0.15, -0.1) is 0 Å². The first-order valence-corrected chi connectivity index (χ1v) is 6.64. The van der Waals surface area contributed by atoms with Gasteiger partial charge in [0.1, 0.15) is 11.5 Å². The minimum atomic E-state index is -4.34. The molecule has 0 aliphatic heterocycles. The summed E-state index contributed by atoms with van der Waals surface area (Å²) in [5.41, 5.74) is 5.79. The van der Waals surface area contributed by atoms with Crippen molar-refractivity contribution in [3.8, 4) is 11.5 Å². The molecule has 21 heavy (non-hydrogen) atoms. The molecule has 0 spiro atoms. The van der Waals surface area contributed by atoms with Gasteiger partial charge in [0.15, 0.2) is 0 Å². The fourth-order valence-electron chi connectivity index (χ4n) is 1.94. The van der Waals surface area contributed by atoms with E-state index in [1.165, 1.54) is 12.1 Å². The van der Waals surface area contributed by atoms with Gasteiger partial charge in [-0.25, -0.2) is 0 Å². The third-order valence-corrected chi connectivity index (χ3v) is 3.03. The summed E-state index contributed by atoms with van der Waals surface area (Å²) in [6.07, 6.45) is -2.74. The second-order valence-electron chi connectivity index (χ2n) is 4.62. The van der Waals surface area contributed by atoms with Crippen molar-refractivity contribution in [3.63, 3.8) is 0 Å². The summed E-state index contributed by atoms with van der Waals surface area (Å²) < 4.78 is 43.2. The van der Waals surface area contributed by atoms with Crippen LogP contribution >= 0.6 is 0 Å². The molecule has 0 saturated carbocycles. The van der Waals surface area contributed by atoms with Crippen LogP contribution in [-0.2, 0) is 12.6 Å². The molecule has 2 aromatic rings.